The van der Waals surface area contributed by atoms with Crippen LogP contribution in [0.15, 0.2) is 35.4 Å². The van der Waals surface area contributed by atoms with Gasteiger partial charge < -0.3 is 15.2 Å². The van der Waals surface area contributed by atoms with E-state index in [1.807, 2.05) is 13.8 Å². The molecule has 2 fully saturated rings. The number of benzene rings is 1. The summed E-state index contributed by atoms with van der Waals surface area (Å²) in [7, 11) is 1.58. The maximum Gasteiger partial charge on any atom is 0.307 e. The van der Waals surface area contributed by atoms with Gasteiger partial charge in [-0.1, -0.05) is 11.1 Å². The maximum atomic E-state index is 12.8. The molecule has 128 valence electrons. The summed E-state index contributed by atoms with van der Waals surface area (Å²) >= 11 is 0. The zero-order chi connectivity index (χ0) is 17.4. The van der Waals surface area contributed by atoms with Crippen molar-refractivity contribution in [1.29, 1.82) is 0 Å². The van der Waals surface area contributed by atoms with Gasteiger partial charge in [-0.25, -0.2) is 0 Å². The Labute approximate surface area is 141 Å². The van der Waals surface area contributed by atoms with Crippen LogP contribution in [0.4, 0.5) is 5.69 Å². The fraction of sp³-hybridized carbons (Fsp3) is 0.474. The van der Waals surface area contributed by atoms with Crippen LogP contribution in [0.5, 0.6) is 5.75 Å². The first-order valence-corrected chi connectivity index (χ1v) is 8.29. The second kappa shape index (κ2) is 6.30. The molecule has 5 nitrogen and oxygen atoms in total. The number of carboxylic acids is 1. The number of hydrogen-bond donors (Lipinski definition) is 2. The van der Waals surface area contributed by atoms with Crippen molar-refractivity contribution in [1.82, 2.24) is 0 Å². The van der Waals surface area contributed by atoms with Crippen molar-refractivity contribution >= 4 is 17.6 Å². The maximum absolute atomic E-state index is 12.8. The molecule has 0 aromatic heterocycles. The molecule has 2 bridgehead atoms. The monoisotopic (exact) mass is 329 g/mol. The highest BCUT2D eigenvalue weighted by atomic mass is 16.5. The number of hydrogen-bond acceptors (Lipinski definition) is 3. The molecule has 5 heteroatoms. The first-order chi connectivity index (χ1) is 11.4. The number of anilines is 1. The van der Waals surface area contributed by atoms with Gasteiger partial charge in [0.1, 0.15) is 5.75 Å². The normalized spacial score (nSPS) is 27.9. The fourth-order valence-corrected chi connectivity index (χ4v) is 4.50. The molecule has 2 N–H and O–H groups in total. The lowest BCUT2D eigenvalue weighted by Crippen LogP contribution is -2.37. The highest BCUT2D eigenvalue weighted by molar-refractivity contribution is 5.96. The van der Waals surface area contributed by atoms with Crippen molar-refractivity contribution in [3.8, 4) is 5.75 Å². The molecular formula is C19H23NO4. The topological polar surface area (TPSA) is 75.6 Å². The van der Waals surface area contributed by atoms with E-state index in [0.29, 0.717) is 11.4 Å². The molecule has 0 saturated heterocycles. The number of nitrogens with one attached hydrogen (secondary N) is 1. The zero-order valence-corrected chi connectivity index (χ0v) is 14.2. The Morgan fingerprint density at radius 3 is 2.17 bits per heavy atom. The summed E-state index contributed by atoms with van der Waals surface area (Å²) in [4.78, 5) is 24.6. The van der Waals surface area contributed by atoms with Gasteiger partial charge in [0.15, 0.2) is 0 Å². The average Bonchev–Trinajstić information content (AvgIpc) is 3.11. The number of amides is 1. The molecule has 2 aliphatic carbocycles. The molecule has 0 heterocycles. The van der Waals surface area contributed by atoms with Crippen LogP contribution in [0, 0.1) is 23.7 Å². The van der Waals surface area contributed by atoms with Crippen LogP contribution in [0.2, 0.25) is 0 Å². The van der Waals surface area contributed by atoms with Crippen LogP contribution in [-0.2, 0) is 9.59 Å². The molecule has 0 unspecified atom stereocenters. The second-order valence-electron chi connectivity index (χ2n) is 6.85. The van der Waals surface area contributed by atoms with Gasteiger partial charge in [-0.15, -0.1) is 0 Å². The van der Waals surface area contributed by atoms with Crippen molar-refractivity contribution < 1.29 is 19.4 Å². The largest absolute Gasteiger partial charge is 0.497 e. The molecule has 2 aliphatic rings. The lowest BCUT2D eigenvalue weighted by Gasteiger charge is -2.26. The third-order valence-corrected chi connectivity index (χ3v) is 5.36. The number of aliphatic carboxylic acids is 1. The van der Waals surface area contributed by atoms with E-state index in [2.05, 4.69) is 5.32 Å². The predicted octanol–water partition coefficient (Wildman–Crippen LogP) is 3.33. The molecule has 2 saturated carbocycles. The minimum Gasteiger partial charge on any atom is -0.497 e. The summed E-state index contributed by atoms with van der Waals surface area (Å²) in [6, 6.07) is 7.07. The van der Waals surface area contributed by atoms with Gasteiger partial charge in [-0.3, -0.25) is 9.59 Å². The summed E-state index contributed by atoms with van der Waals surface area (Å²) in [5, 5.41) is 12.6. The molecule has 3 rings (SSSR count). The van der Waals surface area contributed by atoms with E-state index in [0.717, 1.165) is 18.4 Å². The number of allylic oxidation sites excluding steroid dienone is 2. The van der Waals surface area contributed by atoms with Crippen LogP contribution >= 0.6 is 0 Å². The van der Waals surface area contributed by atoms with Crippen molar-refractivity contribution in [2.45, 2.75) is 26.7 Å². The van der Waals surface area contributed by atoms with Crippen molar-refractivity contribution in [3.05, 3.63) is 35.4 Å². The molecule has 1 aromatic carbocycles. The van der Waals surface area contributed by atoms with Crippen LogP contribution in [0.1, 0.15) is 26.7 Å². The summed E-state index contributed by atoms with van der Waals surface area (Å²) in [5.41, 5.74) is 3.01. The number of fused-ring (bicyclic) bond motifs is 2. The van der Waals surface area contributed by atoms with Gasteiger partial charge in [-0.2, -0.15) is 0 Å². The Hall–Kier alpha value is -2.30. The predicted molar refractivity (Wildman–Crippen MR) is 90.8 cm³/mol. The lowest BCUT2D eigenvalue weighted by atomic mass is 9.78. The first-order valence-electron chi connectivity index (χ1n) is 8.29. The molecule has 1 amide bonds. The number of carbonyl (C=O) groups excluding carboxylic acids is 1. The average molecular weight is 329 g/mol. The summed E-state index contributed by atoms with van der Waals surface area (Å²) in [6.07, 6.45) is 1.77. The van der Waals surface area contributed by atoms with E-state index < -0.39 is 17.8 Å². The number of carbonyl (C=O) groups is 2. The highest BCUT2D eigenvalue weighted by Gasteiger charge is 2.57. The van der Waals surface area contributed by atoms with Gasteiger partial charge in [0.2, 0.25) is 5.91 Å². The summed E-state index contributed by atoms with van der Waals surface area (Å²) in [6.45, 7) is 4.03. The number of methoxy groups -OCH3 is 1. The number of rotatable bonds is 4. The third kappa shape index (κ3) is 2.68. The van der Waals surface area contributed by atoms with E-state index in [-0.39, 0.29) is 17.7 Å². The number of carboxylic acid groups (broad SMARTS) is 1. The van der Waals surface area contributed by atoms with Gasteiger partial charge in [0, 0.05) is 5.69 Å². The van der Waals surface area contributed by atoms with Crippen LogP contribution in [-0.4, -0.2) is 24.1 Å². The Kier molecular flexibility index (Phi) is 4.35. The SMILES string of the molecule is COc1ccc(NC(=O)[C@@H]2[C@@H](C(=O)O)[C@H]3CC[C@H]2C3=C(C)C)cc1. The zero-order valence-electron chi connectivity index (χ0n) is 14.2. The quantitative estimate of drug-likeness (QED) is 0.831. The van der Waals surface area contributed by atoms with E-state index >= 15 is 0 Å². The van der Waals surface area contributed by atoms with E-state index in [4.69, 9.17) is 4.74 Å². The molecule has 4 atom stereocenters. The van der Waals surface area contributed by atoms with Gasteiger partial charge in [-0.05, 0) is 62.8 Å². The summed E-state index contributed by atoms with van der Waals surface area (Å²) < 4.78 is 5.11. The molecular weight excluding hydrogens is 306 g/mol. The minimum absolute atomic E-state index is 0.00381. The van der Waals surface area contributed by atoms with Crippen molar-refractivity contribution in [3.63, 3.8) is 0 Å². The van der Waals surface area contributed by atoms with E-state index in [1.165, 1.54) is 5.57 Å². The standard InChI is InChI=1S/C19H23NO4/c1-10(2)15-13-8-9-14(15)17(19(22)23)16(13)18(21)20-11-4-6-12(24-3)7-5-11/h4-7,13-14,16-17H,8-9H2,1-3H3,(H,20,21)(H,22,23)/t13-,14-,16-,17-/m0/s1. The highest BCUT2D eigenvalue weighted by Crippen LogP contribution is 2.57. The van der Waals surface area contributed by atoms with Crippen LogP contribution in [0.3, 0.4) is 0 Å². The molecule has 1 aromatic rings. The third-order valence-electron chi connectivity index (χ3n) is 5.36. The lowest BCUT2D eigenvalue weighted by molar-refractivity contribution is -0.148. The Morgan fingerprint density at radius 2 is 1.67 bits per heavy atom. The smallest absolute Gasteiger partial charge is 0.307 e. The molecule has 0 radical (unpaired) electrons. The molecule has 24 heavy (non-hydrogen) atoms. The van der Waals surface area contributed by atoms with Crippen molar-refractivity contribution in [2.24, 2.45) is 23.7 Å². The van der Waals surface area contributed by atoms with Gasteiger partial charge in [0.25, 0.3) is 0 Å². The first kappa shape index (κ1) is 16.6. The number of ether oxygens (including phenoxy) is 1. The Balaban J connectivity index is 1.85. The Bertz CT molecular complexity index is 688. The van der Waals surface area contributed by atoms with Gasteiger partial charge >= 0.3 is 5.97 Å². The summed E-state index contributed by atoms with van der Waals surface area (Å²) in [5.74, 6) is -1.40. The fourth-order valence-electron chi connectivity index (χ4n) is 4.50. The minimum atomic E-state index is -0.865. The molecule has 0 aliphatic heterocycles. The van der Waals surface area contributed by atoms with Crippen molar-refractivity contribution in [2.75, 3.05) is 12.4 Å². The van der Waals surface area contributed by atoms with E-state index in [1.54, 1.807) is 31.4 Å². The van der Waals surface area contributed by atoms with E-state index in [9.17, 15) is 14.7 Å². The van der Waals surface area contributed by atoms with Crippen LogP contribution in [0.25, 0.3) is 0 Å². The van der Waals surface area contributed by atoms with Crippen LogP contribution < -0.4 is 10.1 Å². The second-order valence-corrected chi connectivity index (χ2v) is 6.85. The Morgan fingerprint density at radius 1 is 1.08 bits per heavy atom. The molecule has 0 spiro atoms. The van der Waals surface area contributed by atoms with Gasteiger partial charge in [0.05, 0.1) is 18.9 Å².